The van der Waals surface area contributed by atoms with E-state index in [2.05, 4.69) is 16.7 Å². The average molecular weight is 346 g/mol. The first-order valence-corrected chi connectivity index (χ1v) is 9.03. The van der Waals surface area contributed by atoms with Crippen LogP contribution in [0.3, 0.4) is 0 Å². The second-order valence-electron chi connectivity index (χ2n) is 6.60. The van der Waals surface area contributed by atoms with Gasteiger partial charge in [-0.1, -0.05) is 23.8 Å². The van der Waals surface area contributed by atoms with Gasteiger partial charge >= 0.3 is 0 Å². The van der Waals surface area contributed by atoms with Crippen molar-refractivity contribution in [2.75, 3.05) is 11.9 Å². The highest BCUT2D eigenvalue weighted by molar-refractivity contribution is 7.10. The molecule has 4 nitrogen and oxygen atoms in total. The maximum absolute atomic E-state index is 12.2. The van der Waals surface area contributed by atoms with Gasteiger partial charge in [0.2, 0.25) is 5.91 Å². The van der Waals surface area contributed by atoms with Crippen molar-refractivity contribution >= 4 is 22.9 Å². The van der Waals surface area contributed by atoms with E-state index in [-0.39, 0.29) is 11.9 Å². The fraction of sp³-hybridized carbons (Fsp3) is 0.421. The fourth-order valence-corrected chi connectivity index (χ4v) is 3.34. The number of hydrogen-bond acceptors (Lipinski definition) is 4. The number of hydrogen-bond donors (Lipinski definition) is 3. The Morgan fingerprint density at radius 3 is 2.71 bits per heavy atom. The summed E-state index contributed by atoms with van der Waals surface area (Å²) in [4.78, 5) is 13.1. The van der Waals surface area contributed by atoms with E-state index in [0.717, 1.165) is 16.1 Å². The molecule has 5 heteroatoms. The number of aryl methyl sites for hydroxylation is 2. The maximum atomic E-state index is 12.2. The number of carbonyl (C=O) groups excluding carboxylic acids is 1. The Kier molecular flexibility index (Phi) is 6.15. The molecule has 2 rings (SSSR count). The van der Waals surface area contributed by atoms with E-state index in [0.29, 0.717) is 13.0 Å². The lowest BCUT2D eigenvalue weighted by Gasteiger charge is -2.25. The molecule has 0 spiro atoms. The zero-order chi connectivity index (χ0) is 17.7. The van der Waals surface area contributed by atoms with Gasteiger partial charge < -0.3 is 15.7 Å². The van der Waals surface area contributed by atoms with Gasteiger partial charge in [-0.2, -0.15) is 0 Å². The summed E-state index contributed by atoms with van der Waals surface area (Å²) in [6.45, 7) is 8.17. The van der Waals surface area contributed by atoms with Gasteiger partial charge in [0.1, 0.15) is 5.60 Å². The number of nitrogens with one attached hydrogen (secondary N) is 2. The smallest absolute Gasteiger partial charge is 0.225 e. The van der Waals surface area contributed by atoms with Crippen molar-refractivity contribution in [1.29, 1.82) is 0 Å². The molecule has 2 atom stereocenters. The lowest BCUT2D eigenvalue weighted by molar-refractivity contribution is -0.116. The standard InChI is InChI=1S/C19H26N2O2S/c1-13-7-8-16(14(2)10-13)21-18(22)11-15(3)20-12-19(4,23)17-6-5-9-24-17/h5-10,15,20,23H,11-12H2,1-4H3,(H,21,22)/t15-,19+/m0/s1. The van der Waals surface area contributed by atoms with Crippen molar-refractivity contribution in [2.45, 2.75) is 45.8 Å². The molecule has 130 valence electrons. The van der Waals surface area contributed by atoms with Gasteiger partial charge in [-0.25, -0.2) is 0 Å². The van der Waals surface area contributed by atoms with Crippen LogP contribution in [0.1, 0.15) is 36.3 Å². The minimum atomic E-state index is -0.924. The third kappa shape index (κ3) is 5.16. The molecular weight excluding hydrogens is 320 g/mol. The summed E-state index contributed by atoms with van der Waals surface area (Å²) in [6.07, 6.45) is 0.355. The van der Waals surface area contributed by atoms with Crippen LogP contribution in [0.25, 0.3) is 0 Å². The third-order valence-corrected chi connectivity index (χ3v) is 5.12. The molecule has 2 aromatic rings. The largest absolute Gasteiger partial charge is 0.383 e. The van der Waals surface area contributed by atoms with Crippen LogP contribution in [-0.2, 0) is 10.4 Å². The van der Waals surface area contributed by atoms with Crippen molar-refractivity contribution in [1.82, 2.24) is 5.32 Å². The van der Waals surface area contributed by atoms with E-state index in [1.54, 1.807) is 6.92 Å². The summed E-state index contributed by atoms with van der Waals surface area (Å²) >= 11 is 1.53. The third-order valence-electron chi connectivity index (χ3n) is 3.99. The number of benzene rings is 1. The van der Waals surface area contributed by atoms with Gasteiger partial charge in [0.25, 0.3) is 0 Å². The minimum Gasteiger partial charge on any atom is -0.383 e. The zero-order valence-electron chi connectivity index (χ0n) is 14.7. The highest BCUT2D eigenvalue weighted by Gasteiger charge is 2.24. The quantitative estimate of drug-likeness (QED) is 0.718. The molecule has 3 N–H and O–H groups in total. The number of amides is 1. The Hall–Kier alpha value is -1.69. The molecule has 0 aliphatic carbocycles. The monoisotopic (exact) mass is 346 g/mol. The van der Waals surface area contributed by atoms with Gasteiger partial charge in [-0.05, 0) is 50.8 Å². The van der Waals surface area contributed by atoms with E-state index in [1.165, 1.54) is 16.9 Å². The maximum Gasteiger partial charge on any atom is 0.225 e. The van der Waals surface area contributed by atoms with Crippen molar-refractivity contribution in [3.05, 3.63) is 51.7 Å². The van der Waals surface area contributed by atoms with E-state index >= 15 is 0 Å². The Labute approximate surface area is 147 Å². The summed E-state index contributed by atoms with van der Waals surface area (Å²) in [5.41, 5.74) is 2.16. The molecule has 1 aromatic heterocycles. The van der Waals surface area contributed by atoms with E-state index < -0.39 is 5.60 Å². The Morgan fingerprint density at radius 1 is 1.33 bits per heavy atom. The van der Waals surface area contributed by atoms with Crippen LogP contribution in [-0.4, -0.2) is 23.6 Å². The number of aliphatic hydroxyl groups is 1. The molecule has 1 heterocycles. The summed E-state index contributed by atoms with van der Waals surface area (Å²) in [5, 5.41) is 18.7. The van der Waals surface area contributed by atoms with Gasteiger partial charge in [-0.15, -0.1) is 11.3 Å². The zero-order valence-corrected chi connectivity index (χ0v) is 15.5. The molecule has 0 radical (unpaired) electrons. The van der Waals surface area contributed by atoms with E-state index in [9.17, 15) is 9.90 Å². The molecule has 0 aliphatic rings. The lowest BCUT2D eigenvalue weighted by atomic mass is 10.0. The van der Waals surface area contributed by atoms with Crippen LogP contribution in [0.15, 0.2) is 35.7 Å². The predicted octanol–water partition coefficient (Wildman–Crippen LogP) is 3.58. The van der Waals surface area contributed by atoms with Crippen LogP contribution in [0, 0.1) is 13.8 Å². The minimum absolute atomic E-state index is 0.0257. The van der Waals surface area contributed by atoms with Crippen molar-refractivity contribution in [2.24, 2.45) is 0 Å². The van der Waals surface area contributed by atoms with Crippen LogP contribution in [0.4, 0.5) is 5.69 Å². The molecule has 1 aromatic carbocycles. The second kappa shape index (κ2) is 7.92. The molecule has 0 bridgehead atoms. The number of thiophene rings is 1. The first-order valence-electron chi connectivity index (χ1n) is 8.15. The van der Waals surface area contributed by atoms with Crippen molar-refractivity contribution < 1.29 is 9.90 Å². The fourth-order valence-electron chi connectivity index (χ4n) is 2.55. The summed E-state index contributed by atoms with van der Waals surface area (Å²) in [6, 6.07) is 9.79. The van der Waals surface area contributed by atoms with Crippen LogP contribution in [0.5, 0.6) is 0 Å². The molecule has 24 heavy (non-hydrogen) atoms. The number of anilines is 1. The van der Waals surface area contributed by atoms with Crippen LogP contribution < -0.4 is 10.6 Å². The van der Waals surface area contributed by atoms with Gasteiger partial charge in [0.05, 0.1) is 0 Å². The topological polar surface area (TPSA) is 61.4 Å². The molecule has 1 amide bonds. The SMILES string of the molecule is Cc1ccc(NC(=O)C[C@H](C)NC[C@@](C)(O)c2cccs2)c(C)c1. The molecule has 0 unspecified atom stereocenters. The highest BCUT2D eigenvalue weighted by atomic mass is 32.1. The van der Waals surface area contributed by atoms with Crippen molar-refractivity contribution in [3.8, 4) is 0 Å². The van der Waals surface area contributed by atoms with Crippen molar-refractivity contribution in [3.63, 3.8) is 0 Å². The van der Waals surface area contributed by atoms with Crippen LogP contribution >= 0.6 is 11.3 Å². The van der Waals surface area contributed by atoms with Crippen LogP contribution in [0.2, 0.25) is 0 Å². The Bertz CT molecular complexity index is 681. The average Bonchev–Trinajstić information content (AvgIpc) is 3.03. The molecule has 0 aliphatic heterocycles. The second-order valence-corrected chi connectivity index (χ2v) is 7.55. The normalized spacial score (nSPS) is 14.9. The first-order chi connectivity index (χ1) is 11.3. The summed E-state index contributed by atoms with van der Waals surface area (Å²) < 4.78 is 0. The first kappa shape index (κ1) is 18.6. The predicted molar refractivity (Wildman–Crippen MR) is 101 cm³/mol. The van der Waals surface area contributed by atoms with Gasteiger partial charge in [0.15, 0.2) is 0 Å². The summed E-state index contributed by atoms with van der Waals surface area (Å²) in [7, 11) is 0. The molecular formula is C19H26N2O2S. The highest BCUT2D eigenvalue weighted by Crippen LogP contribution is 2.24. The van der Waals surface area contributed by atoms with Gasteiger partial charge in [0, 0.05) is 29.6 Å². The van der Waals surface area contributed by atoms with Gasteiger partial charge in [-0.3, -0.25) is 4.79 Å². The summed E-state index contributed by atoms with van der Waals surface area (Å²) in [5.74, 6) is -0.0299. The van der Waals surface area contributed by atoms with E-state index in [4.69, 9.17) is 0 Å². The van der Waals surface area contributed by atoms with E-state index in [1.807, 2.05) is 50.4 Å². The lowest BCUT2D eigenvalue weighted by Crippen LogP contribution is -2.40. The molecule has 0 saturated heterocycles. The molecule has 0 saturated carbocycles. The Balaban J connectivity index is 1.83. The number of carbonyl (C=O) groups is 1. The molecule has 0 fully saturated rings. The number of rotatable bonds is 7. The Morgan fingerprint density at radius 2 is 2.08 bits per heavy atom.